The van der Waals surface area contributed by atoms with Crippen molar-refractivity contribution >= 4 is 23.1 Å². The van der Waals surface area contributed by atoms with E-state index < -0.39 is 0 Å². The molecular formula is C21H20ClN5O. The van der Waals surface area contributed by atoms with Gasteiger partial charge >= 0.3 is 0 Å². The second-order valence-corrected chi connectivity index (χ2v) is 7.25. The molecule has 0 spiro atoms. The molecule has 2 aromatic heterocycles. The third-order valence-electron chi connectivity index (χ3n) is 4.61. The van der Waals surface area contributed by atoms with Gasteiger partial charge in [0.05, 0.1) is 12.2 Å². The van der Waals surface area contributed by atoms with Crippen LogP contribution in [0, 0.1) is 13.8 Å². The van der Waals surface area contributed by atoms with Crippen molar-refractivity contribution in [2.24, 2.45) is 0 Å². The average Bonchev–Trinajstić information content (AvgIpc) is 3.08. The zero-order chi connectivity index (χ0) is 19.7. The summed E-state index contributed by atoms with van der Waals surface area (Å²) < 4.78 is 1.41. The number of benzene rings is 2. The molecule has 4 rings (SSSR count). The van der Waals surface area contributed by atoms with Crippen molar-refractivity contribution in [2.75, 3.05) is 5.32 Å². The van der Waals surface area contributed by atoms with Gasteiger partial charge in [-0.3, -0.25) is 9.89 Å². The lowest BCUT2D eigenvalue weighted by Crippen LogP contribution is -2.22. The van der Waals surface area contributed by atoms with Gasteiger partial charge in [0, 0.05) is 22.7 Å². The Balaban J connectivity index is 1.61. The van der Waals surface area contributed by atoms with Gasteiger partial charge in [-0.1, -0.05) is 35.9 Å². The topological polar surface area (TPSA) is 75.1 Å². The van der Waals surface area contributed by atoms with Crippen LogP contribution in [0.5, 0.6) is 0 Å². The van der Waals surface area contributed by atoms with Crippen LogP contribution in [0.4, 0.5) is 5.69 Å². The summed E-state index contributed by atoms with van der Waals surface area (Å²) in [7, 11) is 0. The van der Waals surface area contributed by atoms with E-state index in [1.54, 1.807) is 0 Å². The number of aryl methyl sites for hydroxylation is 2. The molecular weight excluding hydrogens is 374 g/mol. The molecule has 7 heteroatoms. The molecule has 0 fully saturated rings. The molecule has 4 aromatic rings. The molecule has 0 bridgehead atoms. The fourth-order valence-corrected chi connectivity index (χ4v) is 3.25. The highest BCUT2D eigenvalue weighted by molar-refractivity contribution is 6.30. The third kappa shape index (κ3) is 3.77. The standard InChI is InChI=1S/C21H20ClN5O/c1-13-4-3-5-17(10-13)23-12-19-25-21-24-14(2)18(20(28)27(21)26-19)11-15-6-8-16(22)9-7-15/h3-10,23H,11-12H2,1-2H3,(H,24,25,26). The quantitative estimate of drug-likeness (QED) is 0.539. The summed E-state index contributed by atoms with van der Waals surface area (Å²) in [4.78, 5) is 21.9. The lowest BCUT2D eigenvalue weighted by atomic mass is 10.1. The first-order valence-electron chi connectivity index (χ1n) is 9.02. The summed E-state index contributed by atoms with van der Waals surface area (Å²) in [5, 5.41) is 7.04. The first kappa shape index (κ1) is 18.3. The lowest BCUT2D eigenvalue weighted by Gasteiger charge is -2.05. The number of fused-ring (bicyclic) bond motifs is 1. The molecule has 6 nitrogen and oxygen atoms in total. The SMILES string of the molecule is Cc1cccc(NCc2nc3nc(C)c(Cc4ccc(Cl)cc4)c(=O)n3[nH]2)c1. The largest absolute Gasteiger partial charge is 0.378 e. The van der Waals surface area contributed by atoms with E-state index in [-0.39, 0.29) is 5.56 Å². The number of aromatic nitrogens is 4. The number of aromatic amines is 1. The Morgan fingerprint density at radius 1 is 1.11 bits per heavy atom. The molecule has 2 N–H and O–H groups in total. The zero-order valence-electron chi connectivity index (χ0n) is 15.7. The van der Waals surface area contributed by atoms with Gasteiger partial charge in [0.15, 0.2) is 0 Å². The summed E-state index contributed by atoms with van der Waals surface area (Å²) in [6.07, 6.45) is 0.494. The summed E-state index contributed by atoms with van der Waals surface area (Å²) >= 11 is 5.94. The Bertz CT molecular complexity index is 1190. The maximum absolute atomic E-state index is 13.0. The van der Waals surface area contributed by atoms with Crippen LogP contribution in [-0.2, 0) is 13.0 Å². The Hall–Kier alpha value is -3.12. The smallest absolute Gasteiger partial charge is 0.277 e. The highest BCUT2D eigenvalue weighted by atomic mass is 35.5. The fraction of sp³-hybridized carbons (Fsp3) is 0.190. The minimum Gasteiger partial charge on any atom is -0.378 e. The predicted octanol–water partition coefficient (Wildman–Crippen LogP) is 3.89. The van der Waals surface area contributed by atoms with E-state index in [0.717, 1.165) is 11.3 Å². The lowest BCUT2D eigenvalue weighted by molar-refractivity contribution is 0.832. The molecule has 0 unspecified atom stereocenters. The molecule has 0 atom stereocenters. The van der Waals surface area contributed by atoms with Crippen LogP contribution in [0.3, 0.4) is 0 Å². The fourth-order valence-electron chi connectivity index (χ4n) is 3.13. The van der Waals surface area contributed by atoms with Gasteiger partial charge in [-0.2, -0.15) is 9.50 Å². The Morgan fingerprint density at radius 3 is 2.64 bits per heavy atom. The first-order chi connectivity index (χ1) is 13.5. The molecule has 2 heterocycles. The Labute approximate surface area is 167 Å². The van der Waals surface area contributed by atoms with Crippen molar-refractivity contribution < 1.29 is 0 Å². The highest BCUT2D eigenvalue weighted by Gasteiger charge is 2.14. The number of H-pyrrole nitrogens is 1. The van der Waals surface area contributed by atoms with E-state index in [2.05, 4.69) is 26.4 Å². The van der Waals surface area contributed by atoms with Crippen molar-refractivity contribution in [3.63, 3.8) is 0 Å². The van der Waals surface area contributed by atoms with Crippen molar-refractivity contribution in [1.82, 2.24) is 19.6 Å². The van der Waals surface area contributed by atoms with Gasteiger partial charge in [-0.25, -0.2) is 4.98 Å². The number of nitrogens with zero attached hydrogens (tertiary/aromatic N) is 3. The van der Waals surface area contributed by atoms with Crippen LogP contribution in [0.1, 0.15) is 28.2 Å². The zero-order valence-corrected chi connectivity index (χ0v) is 16.4. The van der Waals surface area contributed by atoms with Crippen LogP contribution in [0.25, 0.3) is 5.78 Å². The Morgan fingerprint density at radius 2 is 1.89 bits per heavy atom. The van der Waals surface area contributed by atoms with E-state index in [1.165, 1.54) is 10.1 Å². The third-order valence-corrected chi connectivity index (χ3v) is 4.87. The van der Waals surface area contributed by atoms with Gasteiger partial charge in [0.1, 0.15) is 5.82 Å². The molecule has 0 radical (unpaired) electrons. The normalized spacial score (nSPS) is 11.1. The minimum absolute atomic E-state index is 0.133. The molecule has 0 saturated heterocycles. The van der Waals surface area contributed by atoms with Gasteiger partial charge in [-0.15, -0.1) is 0 Å². The second-order valence-electron chi connectivity index (χ2n) is 6.81. The number of hydrogen-bond donors (Lipinski definition) is 2. The number of hydrogen-bond acceptors (Lipinski definition) is 4. The van der Waals surface area contributed by atoms with Crippen LogP contribution in [0.15, 0.2) is 53.3 Å². The predicted molar refractivity (Wildman–Crippen MR) is 111 cm³/mol. The molecule has 0 aliphatic heterocycles. The van der Waals surface area contributed by atoms with E-state index in [1.807, 2.05) is 56.3 Å². The first-order valence-corrected chi connectivity index (χ1v) is 9.39. The molecule has 0 aliphatic rings. The minimum atomic E-state index is -0.133. The molecule has 0 saturated carbocycles. The van der Waals surface area contributed by atoms with Crippen LogP contribution < -0.4 is 10.9 Å². The monoisotopic (exact) mass is 393 g/mol. The Kier molecular flexibility index (Phi) is 4.88. The average molecular weight is 394 g/mol. The van der Waals surface area contributed by atoms with Crippen LogP contribution in [0.2, 0.25) is 5.02 Å². The number of anilines is 1. The molecule has 0 aliphatic carbocycles. The van der Waals surface area contributed by atoms with Crippen molar-refractivity contribution in [3.8, 4) is 0 Å². The molecule has 0 amide bonds. The van der Waals surface area contributed by atoms with Crippen molar-refractivity contribution in [3.05, 3.63) is 92.1 Å². The maximum Gasteiger partial charge on any atom is 0.277 e. The van der Waals surface area contributed by atoms with Gasteiger partial charge in [-0.05, 0) is 49.2 Å². The molecule has 142 valence electrons. The van der Waals surface area contributed by atoms with Crippen molar-refractivity contribution in [2.45, 2.75) is 26.8 Å². The van der Waals surface area contributed by atoms with Crippen LogP contribution in [-0.4, -0.2) is 19.6 Å². The maximum atomic E-state index is 13.0. The molecule has 28 heavy (non-hydrogen) atoms. The van der Waals surface area contributed by atoms with Gasteiger partial charge in [0.2, 0.25) is 0 Å². The van der Waals surface area contributed by atoms with Gasteiger partial charge in [0.25, 0.3) is 11.3 Å². The van der Waals surface area contributed by atoms with Gasteiger partial charge < -0.3 is 5.32 Å². The summed E-state index contributed by atoms with van der Waals surface area (Å²) in [6.45, 7) is 4.35. The molecule has 2 aromatic carbocycles. The highest BCUT2D eigenvalue weighted by Crippen LogP contribution is 2.14. The number of halogens is 1. The van der Waals surface area contributed by atoms with E-state index in [0.29, 0.717) is 40.8 Å². The number of rotatable bonds is 5. The van der Waals surface area contributed by atoms with E-state index >= 15 is 0 Å². The van der Waals surface area contributed by atoms with Crippen molar-refractivity contribution in [1.29, 1.82) is 0 Å². The van der Waals surface area contributed by atoms with E-state index in [9.17, 15) is 4.79 Å². The second kappa shape index (κ2) is 7.48. The summed E-state index contributed by atoms with van der Waals surface area (Å²) in [6, 6.07) is 15.6. The van der Waals surface area contributed by atoms with E-state index in [4.69, 9.17) is 11.6 Å². The van der Waals surface area contributed by atoms with Crippen LogP contribution >= 0.6 is 11.6 Å². The number of nitrogens with one attached hydrogen (secondary N) is 2. The summed E-state index contributed by atoms with van der Waals surface area (Å²) in [5.41, 5.74) is 4.38. The summed E-state index contributed by atoms with van der Waals surface area (Å²) in [5.74, 6) is 1.03.